The Labute approximate surface area is 183 Å². The van der Waals surface area contributed by atoms with E-state index in [0.717, 1.165) is 3.57 Å². The van der Waals surface area contributed by atoms with Gasteiger partial charge in [-0.25, -0.2) is 0 Å². The molecule has 0 bridgehead atoms. The van der Waals surface area contributed by atoms with Crippen LogP contribution in [0.5, 0.6) is 11.5 Å². The number of ether oxygens (including phenoxy) is 2. The number of nitriles is 1. The van der Waals surface area contributed by atoms with Gasteiger partial charge in [0.2, 0.25) is 0 Å². The first-order chi connectivity index (χ1) is 13.3. The maximum atomic E-state index is 12.5. The number of hydrogen-bond acceptors (Lipinski definition) is 4. The molecule has 0 atom stereocenters. The second kappa shape index (κ2) is 10.3. The smallest absolute Gasteiger partial charge is 0.266 e. The molecule has 0 aliphatic rings. The molecule has 0 heterocycles. The van der Waals surface area contributed by atoms with Gasteiger partial charge < -0.3 is 14.8 Å². The quantitative estimate of drug-likeness (QED) is 0.296. The molecular formula is C21H20ClIN2O3. The zero-order valence-corrected chi connectivity index (χ0v) is 18.7. The summed E-state index contributed by atoms with van der Waals surface area (Å²) in [5.41, 5.74) is 1.15. The fourth-order valence-electron chi connectivity index (χ4n) is 2.36. The molecule has 1 N–H and O–H groups in total. The summed E-state index contributed by atoms with van der Waals surface area (Å²) in [6.07, 6.45) is 1.51. The first-order valence-corrected chi connectivity index (χ1v) is 10.1. The number of carbonyl (C=O) groups excluding carboxylic acids is 1. The van der Waals surface area contributed by atoms with Crippen molar-refractivity contribution >= 4 is 51.9 Å². The van der Waals surface area contributed by atoms with Gasteiger partial charge in [0, 0.05) is 10.7 Å². The molecule has 0 saturated carbocycles. The highest BCUT2D eigenvalue weighted by molar-refractivity contribution is 14.1. The summed E-state index contributed by atoms with van der Waals surface area (Å²) in [7, 11) is 0. The standard InChI is InChI=1S/C21H20ClIN2O3/c1-4-27-19-10-14(9-18(23)20(19)28-13(2)3)8-15(12-24)21(26)25-17-7-5-6-16(22)11-17/h5-11,13H,4H2,1-3H3,(H,25,26)/b15-8+. The summed E-state index contributed by atoms with van der Waals surface area (Å²) in [5, 5.41) is 12.6. The lowest BCUT2D eigenvalue weighted by atomic mass is 10.1. The van der Waals surface area contributed by atoms with Crippen molar-refractivity contribution in [2.45, 2.75) is 26.9 Å². The van der Waals surface area contributed by atoms with Crippen LogP contribution in [0, 0.1) is 14.9 Å². The van der Waals surface area contributed by atoms with E-state index >= 15 is 0 Å². The van der Waals surface area contributed by atoms with Gasteiger partial charge >= 0.3 is 0 Å². The number of carbonyl (C=O) groups is 1. The minimum absolute atomic E-state index is 0.00717. The summed E-state index contributed by atoms with van der Waals surface area (Å²) in [4.78, 5) is 12.5. The second-order valence-electron chi connectivity index (χ2n) is 6.06. The fourth-order valence-corrected chi connectivity index (χ4v) is 3.31. The molecule has 0 fully saturated rings. The molecule has 5 nitrogen and oxygen atoms in total. The molecule has 0 aliphatic heterocycles. The normalized spacial score (nSPS) is 11.1. The summed E-state index contributed by atoms with van der Waals surface area (Å²) >= 11 is 8.08. The number of nitrogens with one attached hydrogen (secondary N) is 1. The maximum Gasteiger partial charge on any atom is 0.266 e. The van der Waals surface area contributed by atoms with Gasteiger partial charge in [-0.2, -0.15) is 5.26 Å². The molecule has 0 unspecified atom stereocenters. The van der Waals surface area contributed by atoms with E-state index in [4.69, 9.17) is 21.1 Å². The molecule has 0 saturated heterocycles. The minimum atomic E-state index is -0.514. The van der Waals surface area contributed by atoms with Gasteiger partial charge in [0.25, 0.3) is 5.91 Å². The lowest BCUT2D eigenvalue weighted by Crippen LogP contribution is -2.13. The van der Waals surface area contributed by atoms with Crippen LogP contribution in [0.2, 0.25) is 5.02 Å². The van der Waals surface area contributed by atoms with Crippen LogP contribution in [0.4, 0.5) is 5.69 Å². The van der Waals surface area contributed by atoms with Crippen LogP contribution < -0.4 is 14.8 Å². The molecule has 0 radical (unpaired) electrons. The molecular weight excluding hydrogens is 491 g/mol. The second-order valence-corrected chi connectivity index (χ2v) is 7.66. The van der Waals surface area contributed by atoms with Crippen molar-refractivity contribution in [3.05, 3.63) is 56.1 Å². The number of amides is 1. The molecule has 7 heteroatoms. The van der Waals surface area contributed by atoms with E-state index < -0.39 is 5.91 Å². The van der Waals surface area contributed by atoms with Crippen molar-refractivity contribution in [3.8, 4) is 17.6 Å². The van der Waals surface area contributed by atoms with Crippen LogP contribution in [0.25, 0.3) is 6.08 Å². The SMILES string of the molecule is CCOc1cc(/C=C(\C#N)C(=O)Nc2cccc(Cl)c2)cc(I)c1OC(C)C. The van der Waals surface area contributed by atoms with Crippen LogP contribution in [0.15, 0.2) is 42.0 Å². The van der Waals surface area contributed by atoms with E-state index in [1.54, 1.807) is 30.3 Å². The topological polar surface area (TPSA) is 71.3 Å². The molecule has 1 amide bonds. The van der Waals surface area contributed by atoms with Gasteiger partial charge in [0.05, 0.1) is 16.3 Å². The van der Waals surface area contributed by atoms with Gasteiger partial charge in [-0.3, -0.25) is 4.79 Å². The Balaban J connectivity index is 2.34. The lowest BCUT2D eigenvalue weighted by molar-refractivity contribution is -0.112. The maximum absolute atomic E-state index is 12.5. The zero-order valence-electron chi connectivity index (χ0n) is 15.8. The number of rotatable bonds is 7. The molecule has 0 aliphatic carbocycles. The number of nitrogens with zero attached hydrogens (tertiary/aromatic N) is 1. The molecule has 2 aromatic carbocycles. The molecule has 28 heavy (non-hydrogen) atoms. The highest BCUT2D eigenvalue weighted by Gasteiger charge is 2.15. The number of halogens is 2. The third kappa shape index (κ3) is 6.14. The van der Waals surface area contributed by atoms with Crippen LogP contribution >= 0.6 is 34.2 Å². The summed E-state index contributed by atoms with van der Waals surface area (Å²) in [6.45, 7) is 6.23. The van der Waals surface area contributed by atoms with Crippen molar-refractivity contribution in [1.29, 1.82) is 5.26 Å². The lowest BCUT2D eigenvalue weighted by Gasteiger charge is -2.17. The molecule has 2 rings (SSSR count). The highest BCUT2D eigenvalue weighted by Crippen LogP contribution is 2.35. The van der Waals surface area contributed by atoms with Crippen LogP contribution in [-0.4, -0.2) is 18.6 Å². The Morgan fingerprint density at radius 1 is 1.36 bits per heavy atom. The van der Waals surface area contributed by atoms with Crippen LogP contribution in [0.1, 0.15) is 26.3 Å². The van der Waals surface area contributed by atoms with E-state index in [2.05, 4.69) is 27.9 Å². The van der Waals surface area contributed by atoms with E-state index in [-0.39, 0.29) is 11.7 Å². The van der Waals surface area contributed by atoms with Gasteiger partial charge in [0.15, 0.2) is 11.5 Å². The summed E-state index contributed by atoms with van der Waals surface area (Å²) < 4.78 is 12.4. The van der Waals surface area contributed by atoms with E-state index in [1.807, 2.05) is 32.9 Å². The Hall–Kier alpha value is -2.24. The van der Waals surface area contributed by atoms with Crippen LogP contribution in [-0.2, 0) is 4.79 Å². The van der Waals surface area contributed by atoms with Crippen molar-refractivity contribution < 1.29 is 14.3 Å². The Kier molecular flexibility index (Phi) is 8.15. The predicted octanol–water partition coefficient (Wildman–Crippen LogP) is 5.68. The average molecular weight is 511 g/mol. The first kappa shape index (κ1) is 22.1. The molecule has 2 aromatic rings. The number of hydrogen-bond donors (Lipinski definition) is 1. The predicted molar refractivity (Wildman–Crippen MR) is 120 cm³/mol. The Morgan fingerprint density at radius 3 is 2.71 bits per heavy atom. The zero-order chi connectivity index (χ0) is 20.7. The minimum Gasteiger partial charge on any atom is -0.490 e. The van der Waals surface area contributed by atoms with Gasteiger partial charge in [0.1, 0.15) is 11.6 Å². The van der Waals surface area contributed by atoms with Gasteiger partial charge in [-0.15, -0.1) is 0 Å². The van der Waals surface area contributed by atoms with E-state index in [0.29, 0.717) is 34.4 Å². The molecule has 0 aromatic heterocycles. The van der Waals surface area contributed by atoms with Gasteiger partial charge in [-0.05, 0) is 85.3 Å². The van der Waals surface area contributed by atoms with Crippen molar-refractivity contribution in [2.75, 3.05) is 11.9 Å². The van der Waals surface area contributed by atoms with E-state index in [9.17, 15) is 10.1 Å². The number of benzene rings is 2. The number of anilines is 1. The Morgan fingerprint density at radius 2 is 2.11 bits per heavy atom. The third-order valence-corrected chi connectivity index (χ3v) is 4.48. The fraction of sp³-hybridized carbons (Fsp3) is 0.238. The van der Waals surface area contributed by atoms with E-state index in [1.165, 1.54) is 6.08 Å². The summed E-state index contributed by atoms with van der Waals surface area (Å²) in [6, 6.07) is 12.3. The molecule has 0 spiro atoms. The van der Waals surface area contributed by atoms with Crippen molar-refractivity contribution in [3.63, 3.8) is 0 Å². The monoisotopic (exact) mass is 510 g/mol. The average Bonchev–Trinajstić information content (AvgIpc) is 2.62. The first-order valence-electron chi connectivity index (χ1n) is 8.65. The molecule has 146 valence electrons. The highest BCUT2D eigenvalue weighted by atomic mass is 127. The van der Waals surface area contributed by atoms with Gasteiger partial charge in [-0.1, -0.05) is 17.7 Å². The third-order valence-electron chi connectivity index (χ3n) is 3.44. The van der Waals surface area contributed by atoms with Crippen LogP contribution in [0.3, 0.4) is 0 Å². The Bertz CT molecular complexity index is 936. The summed E-state index contributed by atoms with van der Waals surface area (Å²) in [5.74, 6) is 0.707. The van der Waals surface area contributed by atoms with Crippen molar-refractivity contribution in [1.82, 2.24) is 0 Å². The largest absolute Gasteiger partial charge is 0.490 e. The van der Waals surface area contributed by atoms with Crippen molar-refractivity contribution in [2.24, 2.45) is 0 Å².